The summed E-state index contributed by atoms with van der Waals surface area (Å²) in [5.41, 5.74) is 4.66. The third-order valence-corrected chi connectivity index (χ3v) is 4.45. The van der Waals surface area contributed by atoms with E-state index in [1.165, 1.54) is 15.8 Å². The van der Waals surface area contributed by atoms with Gasteiger partial charge in [-0.05, 0) is 55.3 Å². The van der Waals surface area contributed by atoms with Crippen LogP contribution in [0.1, 0.15) is 16.1 Å². The van der Waals surface area contributed by atoms with Gasteiger partial charge in [0.2, 0.25) is 0 Å². The van der Waals surface area contributed by atoms with Crippen molar-refractivity contribution in [2.24, 2.45) is 0 Å². The van der Waals surface area contributed by atoms with Gasteiger partial charge in [0.15, 0.2) is 0 Å². The van der Waals surface area contributed by atoms with Crippen LogP contribution in [0.3, 0.4) is 0 Å². The van der Waals surface area contributed by atoms with Gasteiger partial charge in [0.1, 0.15) is 0 Å². The van der Waals surface area contributed by atoms with E-state index in [1.807, 2.05) is 19.1 Å². The molecule has 0 saturated carbocycles. The molecule has 0 fully saturated rings. The second kappa shape index (κ2) is 5.43. The van der Waals surface area contributed by atoms with E-state index in [1.54, 1.807) is 11.3 Å². The van der Waals surface area contributed by atoms with E-state index in [2.05, 4.69) is 41.5 Å². The summed E-state index contributed by atoms with van der Waals surface area (Å²) < 4.78 is 1.22. The summed E-state index contributed by atoms with van der Waals surface area (Å²) >= 11 is 7.70. The molecule has 1 aromatic heterocycles. The van der Waals surface area contributed by atoms with Gasteiger partial charge >= 0.3 is 0 Å². The van der Waals surface area contributed by atoms with Crippen molar-refractivity contribution in [2.75, 3.05) is 5.32 Å². The molecule has 0 spiro atoms. The van der Waals surface area contributed by atoms with E-state index >= 15 is 0 Å². The number of aryl methyl sites for hydroxylation is 2. The molecule has 0 amide bonds. The highest BCUT2D eigenvalue weighted by molar-refractivity contribution is 7.18. The molecule has 0 aliphatic heterocycles. The van der Waals surface area contributed by atoms with Gasteiger partial charge in [-0.2, -0.15) is 0 Å². The number of aromatic nitrogens is 1. The first kappa shape index (κ1) is 13.4. The third kappa shape index (κ3) is 2.79. The summed E-state index contributed by atoms with van der Waals surface area (Å²) in [6.07, 6.45) is 0. The molecule has 4 heteroatoms. The average Bonchev–Trinajstić information content (AvgIpc) is 2.77. The molecule has 2 nitrogen and oxygen atoms in total. The first-order chi connectivity index (χ1) is 9.61. The largest absolute Gasteiger partial charge is 0.381 e. The number of nitrogens with one attached hydrogen (secondary N) is 1. The molecule has 102 valence electrons. The zero-order valence-corrected chi connectivity index (χ0v) is 13.0. The molecule has 0 aliphatic rings. The first-order valence-corrected chi connectivity index (χ1v) is 7.67. The summed E-state index contributed by atoms with van der Waals surface area (Å²) in [7, 11) is 0. The number of halogens is 1. The highest BCUT2D eigenvalue weighted by atomic mass is 35.5. The predicted octanol–water partition coefficient (Wildman–Crippen LogP) is 5.18. The van der Waals surface area contributed by atoms with Gasteiger partial charge < -0.3 is 5.32 Å². The zero-order valence-electron chi connectivity index (χ0n) is 11.4. The summed E-state index contributed by atoms with van der Waals surface area (Å²) in [4.78, 5) is 4.47. The molecule has 0 bridgehead atoms. The summed E-state index contributed by atoms with van der Waals surface area (Å²) in [5.74, 6) is 0. The monoisotopic (exact) mass is 302 g/mol. The zero-order chi connectivity index (χ0) is 14.1. The molecule has 3 rings (SSSR count). The van der Waals surface area contributed by atoms with Crippen LogP contribution in [0.4, 0.5) is 5.69 Å². The second-order valence-corrected chi connectivity index (χ2v) is 6.51. The maximum absolute atomic E-state index is 5.98. The van der Waals surface area contributed by atoms with Crippen molar-refractivity contribution in [1.29, 1.82) is 0 Å². The van der Waals surface area contributed by atoms with Crippen molar-refractivity contribution in [1.82, 2.24) is 4.98 Å². The van der Waals surface area contributed by atoms with E-state index in [4.69, 9.17) is 11.6 Å². The molecule has 0 radical (unpaired) electrons. The first-order valence-electron chi connectivity index (χ1n) is 6.48. The number of nitrogens with zero attached hydrogens (tertiary/aromatic N) is 1. The standard InChI is InChI=1S/C16H15ClN2S/c1-10-7-13(17)4-3-12(10)9-18-14-5-6-15-16(8-14)20-11(2)19-15/h3-8,18H,9H2,1-2H3. The minimum Gasteiger partial charge on any atom is -0.381 e. The van der Waals surface area contributed by atoms with Crippen LogP contribution in [0.25, 0.3) is 10.2 Å². The summed E-state index contributed by atoms with van der Waals surface area (Å²) in [5, 5.41) is 5.35. The van der Waals surface area contributed by atoms with Gasteiger partial charge in [0, 0.05) is 17.3 Å². The highest BCUT2D eigenvalue weighted by Gasteiger charge is 2.03. The molecular weight excluding hydrogens is 288 g/mol. The Balaban J connectivity index is 1.79. The molecule has 0 atom stereocenters. The van der Waals surface area contributed by atoms with Crippen LogP contribution in [0.5, 0.6) is 0 Å². The lowest BCUT2D eigenvalue weighted by molar-refractivity contribution is 1.12. The molecule has 0 unspecified atom stereocenters. The van der Waals surface area contributed by atoms with Crippen LogP contribution in [-0.2, 0) is 6.54 Å². The van der Waals surface area contributed by atoms with E-state index in [-0.39, 0.29) is 0 Å². The van der Waals surface area contributed by atoms with Crippen molar-refractivity contribution >= 4 is 38.8 Å². The van der Waals surface area contributed by atoms with Crippen molar-refractivity contribution in [3.8, 4) is 0 Å². The van der Waals surface area contributed by atoms with E-state index in [0.29, 0.717) is 0 Å². The Labute approximate surface area is 127 Å². The second-order valence-electron chi connectivity index (χ2n) is 4.84. The van der Waals surface area contributed by atoms with Gasteiger partial charge in [0.05, 0.1) is 15.2 Å². The molecule has 0 saturated heterocycles. The Hall–Kier alpha value is -1.58. The fourth-order valence-corrected chi connectivity index (χ4v) is 3.30. The Bertz CT molecular complexity index is 764. The number of anilines is 1. The average molecular weight is 303 g/mol. The van der Waals surface area contributed by atoms with Crippen LogP contribution in [0.15, 0.2) is 36.4 Å². The lowest BCUT2D eigenvalue weighted by atomic mass is 10.1. The smallest absolute Gasteiger partial charge is 0.0907 e. The van der Waals surface area contributed by atoms with Gasteiger partial charge in [0.25, 0.3) is 0 Å². The molecule has 20 heavy (non-hydrogen) atoms. The minimum absolute atomic E-state index is 0.785. The van der Waals surface area contributed by atoms with Crippen LogP contribution >= 0.6 is 22.9 Å². The summed E-state index contributed by atoms with van der Waals surface area (Å²) in [6.45, 7) is 4.92. The third-order valence-electron chi connectivity index (χ3n) is 3.28. The van der Waals surface area contributed by atoms with E-state index in [9.17, 15) is 0 Å². The van der Waals surface area contributed by atoms with Crippen molar-refractivity contribution in [3.63, 3.8) is 0 Å². The lowest BCUT2D eigenvalue weighted by Gasteiger charge is -2.09. The number of rotatable bonds is 3. The van der Waals surface area contributed by atoms with Crippen molar-refractivity contribution < 1.29 is 0 Å². The van der Waals surface area contributed by atoms with Gasteiger partial charge in [-0.3, -0.25) is 0 Å². The van der Waals surface area contributed by atoms with Crippen LogP contribution in [0, 0.1) is 13.8 Å². The van der Waals surface area contributed by atoms with E-state index in [0.717, 1.165) is 27.8 Å². The number of hydrogen-bond donors (Lipinski definition) is 1. The molecule has 1 N–H and O–H groups in total. The Morgan fingerprint density at radius 3 is 2.80 bits per heavy atom. The number of thiazole rings is 1. The van der Waals surface area contributed by atoms with Crippen molar-refractivity contribution in [2.45, 2.75) is 20.4 Å². The number of fused-ring (bicyclic) bond motifs is 1. The topological polar surface area (TPSA) is 24.9 Å². The van der Waals surface area contributed by atoms with Gasteiger partial charge in [-0.15, -0.1) is 11.3 Å². The molecule has 0 aliphatic carbocycles. The van der Waals surface area contributed by atoms with Gasteiger partial charge in [-0.25, -0.2) is 4.98 Å². The maximum Gasteiger partial charge on any atom is 0.0907 e. The number of benzene rings is 2. The molecule has 3 aromatic rings. The molecule has 2 aromatic carbocycles. The Morgan fingerprint density at radius 1 is 1.15 bits per heavy atom. The SMILES string of the molecule is Cc1nc2ccc(NCc3ccc(Cl)cc3C)cc2s1. The fraction of sp³-hybridized carbons (Fsp3) is 0.188. The highest BCUT2D eigenvalue weighted by Crippen LogP contribution is 2.25. The Kier molecular flexibility index (Phi) is 3.64. The normalized spacial score (nSPS) is 10.9. The summed E-state index contributed by atoms with van der Waals surface area (Å²) in [6, 6.07) is 12.3. The molecule has 1 heterocycles. The van der Waals surface area contributed by atoms with Crippen LogP contribution in [-0.4, -0.2) is 4.98 Å². The van der Waals surface area contributed by atoms with Crippen molar-refractivity contribution in [3.05, 3.63) is 57.6 Å². The predicted molar refractivity (Wildman–Crippen MR) is 87.9 cm³/mol. The quantitative estimate of drug-likeness (QED) is 0.721. The maximum atomic E-state index is 5.98. The van der Waals surface area contributed by atoms with Crippen LogP contribution < -0.4 is 5.32 Å². The fourth-order valence-electron chi connectivity index (χ4n) is 2.20. The number of hydrogen-bond acceptors (Lipinski definition) is 3. The van der Waals surface area contributed by atoms with Gasteiger partial charge in [-0.1, -0.05) is 17.7 Å². The lowest BCUT2D eigenvalue weighted by Crippen LogP contribution is -2.00. The minimum atomic E-state index is 0.785. The molecular formula is C16H15ClN2S. The van der Waals surface area contributed by atoms with E-state index < -0.39 is 0 Å². The van der Waals surface area contributed by atoms with Crippen LogP contribution in [0.2, 0.25) is 5.02 Å². The Morgan fingerprint density at radius 2 is 2.00 bits per heavy atom.